The molecule has 0 aliphatic rings. The maximum atomic E-state index is 11.1. The summed E-state index contributed by atoms with van der Waals surface area (Å²) in [4.78, 5) is 0. The normalized spacial score (nSPS) is 14.0. The third-order valence-corrected chi connectivity index (χ3v) is 3.63. The molecule has 1 aromatic carbocycles. The van der Waals surface area contributed by atoms with Crippen molar-refractivity contribution in [3.63, 3.8) is 0 Å². The molecular formula is C11H17NO3S. The molecule has 1 atom stereocenters. The van der Waals surface area contributed by atoms with Crippen LogP contribution in [0.3, 0.4) is 0 Å². The molecule has 1 unspecified atom stereocenters. The van der Waals surface area contributed by atoms with Gasteiger partial charge in [-0.25, -0.2) is 12.7 Å². The fourth-order valence-corrected chi connectivity index (χ4v) is 1.83. The average Bonchev–Trinajstić information content (AvgIpc) is 2.17. The molecule has 1 rings (SSSR count). The Morgan fingerprint density at radius 1 is 1.31 bits per heavy atom. The Balaban J connectivity index is 2.52. The predicted molar refractivity (Wildman–Crippen MR) is 63.6 cm³/mol. The van der Waals surface area contributed by atoms with Gasteiger partial charge in [0.05, 0.1) is 12.4 Å². The first-order chi connectivity index (χ1) is 7.39. The minimum atomic E-state index is -3.22. The molecule has 1 aromatic rings. The SMILES string of the molecule is CN(CC(O)Cc1ccccc1)S(C)(=O)=O. The summed E-state index contributed by atoms with van der Waals surface area (Å²) in [6.45, 7) is 0.119. The van der Waals surface area contributed by atoms with E-state index in [1.807, 2.05) is 30.3 Å². The Morgan fingerprint density at radius 3 is 2.38 bits per heavy atom. The van der Waals surface area contributed by atoms with Gasteiger partial charge in [-0.3, -0.25) is 0 Å². The van der Waals surface area contributed by atoms with Gasteiger partial charge in [0.2, 0.25) is 10.0 Å². The lowest BCUT2D eigenvalue weighted by Crippen LogP contribution is -2.34. The molecule has 16 heavy (non-hydrogen) atoms. The third-order valence-electron chi connectivity index (χ3n) is 2.35. The monoisotopic (exact) mass is 243 g/mol. The maximum absolute atomic E-state index is 11.1. The van der Waals surface area contributed by atoms with Crippen molar-refractivity contribution in [2.45, 2.75) is 12.5 Å². The van der Waals surface area contributed by atoms with Crippen LogP contribution < -0.4 is 0 Å². The Labute approximate surface area is 96.6 Å². The Kier molecular flexibility index (Phi) is 4.46. The topological polar surface area (TPSA) is 57.6 Å². The molecule has 0 aliphatic carbocycles. The number of hydrogen-bond donors (Lipinski definition) is 1. The molecule has 0 saturated heterocycles. The molecule has 0 spiro atoms. The van der Waals surface area contributed by atoms with Crippen LogP contribution >= 0.6 is 0 Å². The summed E-state index contributed by atoms with van der Waals surface area (Å²) in [5.41, 5.74) is 0.997. The van der Waals surface area contributed by atoms with Crippen molar-refractivity contribution in [2.24, 2.45) is 0 Å². The number of aliphatic hydroxyl groups excluding tert-OH is 1. The zero-order valence-electron chi connectivity index (χ0n) is 9.50. The molecule has 0 aliphatic heterocycles. The fraction of sp³-hybridized carbons (Fsp3) is 0.455. The van der Waals surface area contributed by atoms with E-state index in [2.05, 4.69) is 0 Å². The largest absolute Gasteiger partial charge is 0.391 e. The highest BCUT2D eigenvalue weighted by atomic mass is 32.2. The van der Waals surface area contributed by atoms with Crippen LogP contribution in [-0.4, -0.2) is 43.8 Å². The van der Waals surface area contributed by atoms with E-state index in [1.165, 1.54) is 7.05 Å². The van der Waals surface area contributed by atoms with Crippen LogP contribution in [0.5, 0.6) is 0 Å². The molecule has 4 nitrogen and oxygen atoms in total. The van der Waals surface area contributed by atoms with Crippen molar-refractivity contribution in [1.82, 2.24) is 4.31 Å². The summed E-state index contributed by atoms with van der Waals surface area (Å²) in [5, 5.41) is 9.73. The molecule has 0 heterocycles. The van der Waals surface area contributed by atoms with E-state index in [1.54, 1.807) is 0 Å². The van der Waals surface area contributed by atoms with Gasteiger partial charge in [0.1, 0.15) is 0 Å². The van der Waals surface area contributed by atoms with E-state index in [-0.39, 0.29) is 6.54 Å². The second kappa shape index (κ2) is 5.43. The van der Waals surface area contributed by atoms with Crippen molar-refractivity contribution in [1.29, 1.82) is 0 Å². The van der Waals surface area contributed by atoms with Crippen LogP contribution in [0.2, 0.25) is 0 Å². The minimum absolute atomic E-state index is 0.119. The average molecular weight is 243 g/mol. The number of benzene rings is 1. The summed E-state index contributed by atoms with van der Waals surface area (Å²) in [6.07, 6.45) is 0.908. The van der Waals surface area contributed by atoms with Crippen molar-refractivity contribution < 1.29 is 13.5 Å². The summed E-state index contributed by atoms with van der Waals surface area (Å²) < 4.78 is 23.4. The fourth-order valence-electron chi connectivity index (χ4n) is 1.38. The molecule has 0 saturated carbocycles. The number of sulfonamides is 1. The lowest BCUT2D eigenvalue weighted by molar-refractivity contribution is 0.153. The van der Waals surface area contributed by atoms with Gasteiger partial charge in [-0.2, -0.15) is 0 Å². The second-order valence-electron chi connectivity index (χ2n) is 3.89. The van der Waals surface area contributed by atoms with Crippen LogP contribution in [-0.2, 0) is 16.4 Å². The van der Waals surface area contributed by atoms with E-state index in [0.717, 1.165) is 16.1 Å². The van der Waals surface area contributed by atoms with Crippen molar-refractivity contribution in [3.05, 3.63) is 35.9 Å². The van der Waals surface area contributed by atoms with E-state index < -0.39 is 16.1 Å². The van der Waals surface area contributed by atoms with E-state index in [4.69, 9.17) is 0 Å². The minimum Gasteiger partial charge on any atom is -0.391 e. The van der Waals surface area contributed by atoms with Gasteiger partial charge in [0.15, 0.2) is 0 Å². The third kappa shape index (κ3) is 4.30. The summed E-state index contributed by atoms with van der Waals surface area (Å²) in [7, 11) is -1.75. The molecule has 0 radical (unpaired) electrons. The maximum Gasteiger partial charge on any atom is 0.211 e. The van der Waals surface area contributed by atoms with E-state index in [0.29, 0.717) is 6.42 Å². The van der Waals surface area contributed by atoms with E-state index >= 15 is 0 Å². The van der Waals surface area contributed by atoms with Gasteiger partial charge in [-0.05, 0) is 12.0 Å². The van der Waals surface area contributed by atoms with Crippen molar-refractivity contribution in [2.75, 3.05) is 19.8 Å². The zero-order chi connectivity index (χ0) is 12.2. The molecule has 0 fully saturated rings. The van der Waals surface area contributed by atoms with Gasteiger partial charge in [0, 0.05) is 13.6 Å². The first-order valence-corrected chi connectivity index (χ1v) is 6.87. The van der Waals surface area contributed by atoms with Crippen LogP contribution in [0.1, 0.15) is 5.56 Å². The van der Waals surface area contributed by atoms with Gasteiger partial charge in [0.25, 0.3) is 0 Å². The van der Waals surface area contributed by atoms with Gasteiger partial charge < -0.3 is 5.11 Å². The highest BCUT2D eigenvalue weighted by Gasteiger charge is 2.15. The van der Waals surface area contributed by atoms with Gasteiger partial charge in [-0.1, -0.05) is 30.3 Å². The molecule has 0 amide bonds. The van der Waals surface area contributed by atoms with Crippen molar-refractivity contribution in [3.8, 4) is 0 Å². The van der Waals surface area contributed by atoms with Crippen LogP contribution in [0.25, 0.3) is 0 Å². The number of likely N-dealkylation sites (N-methyl/N-ethyl adjacent to an activating group) is 1. The molecule has 0 bridgehead atoms. The quantitative estimate of drug-likeness (QED) is 0.818. The Bertz CT molecular complexity index is 416. The zero-order valence-corrected chi connectivity index (χ0v) is 10.3. The highest BCUT2D eigenvalue weighted by Crippen LogP contribution is 2.05. The number of rotatable bonds is 5. The first kappa shape index (κ1) is 13.2. The number of hydrogen-bond acceptors (Lipinski definition) is 3. The van der Waals surface area contributed by atoms with E-state index in [9.17, 15) is 13.5 Å². The summed E-state index contributed by atoms with van der Waals surface area (Å²) >= 11 is 0. The standard InChI is InChI=1S/C11H17NO3S/c1-12(16(2,14)15)9-11(13)8-10-6-4-3-5-7-10/h3-7,11,13H,8-9H2,1-2H3. The molecule has 90 valence electrons. The van der Waals surface area contributed by atoms with Gasteiger partial charge >= 0.3 is 0 Å². The second-order valence-corrected chi connectivity index (χ2v) is 5.98. The first-order valence-electron chi connectivity index (χ1n) is 5.03. The highest BCUT2D eigenvalue weighted by molar-refractivity contribution is 7.88. The predicted octanol–water partition coefficient (Wildman–Crippen LogP) is 0.481. The number of nitrogens with zero attached hydrogens (tertiary/aromatic N) is 1. The van der Waals surface area contributed by atoms with Gasteiger partial charge in [-0.15, -0.1) is 0 Å². The number of aliphatic hydroxyl groups is 1. The van der Waals surface area contributed by atoms with Crippen LogP contribution in [0, 0.1) is 0 Å². The lowest BCUT2D eigenvalue weighted by Gasteiger charge is -2.18. The Morgan fingerprint density at radius 2 is 1.88 bits per heavy atom. The summed E-state index contributed by atoms with van der Waals surface area (Å²) in [6, 6.07) is 9.50. The summed E-state index contributed by atoms with van der Waals surface area (Å²) in [5.74, 6) is 0. The lowest BCUT2D eigenvalue weighted by atomic mass is 10.1. The van der Waals surface area contributed by atoms with Crippen molar-refractivity contribution >= 4 is 10.0 Å². The van der Waals surface area contributed by atoms with Crippen LogP contribution in [0.15, 0.2) is 30.3 Å². The molecule has 1 N–H and O–H groups in total. The molecule has 0 aromatic heterocycles. The molecule has 5 heteroatoms. The molecular weight excluding hydrogens is 226 g/mol. The Hall–Kier alpha value is -0.910. The smallest absolute Gasteiger partial charge is 0.211 e. The van der Waals surface area contributed by atoms with Crippen LogP contribution in [0.4, 0.5) is 0 Å².